The van der Waals surface area contributed by atoms with E-state index in [2.05, 4.69) is 10.6 Å². The van der Waals surface area contributed by atoms with E-state index in [1.807, 2.05) is 12.1 Å². The number of nitrogens with one attached hydrogen (secondary N) is 2. The summed E-state index contributed by atoms with van der Waals surface area (Å²) in [5.41, 5.74) is 1.64. The van der Waals surface area contributed by atoms with Crippen molar-refractivity contribution in [3.63, 3.8) is 0 Å². The highest BCUT2D eigenvalue weighted by atomic mass is 19.1. The highest BCUT2D eigenvalue weighted by molar-refractivity contribution is 5.44. The van der Waals surface area contributed by atoms with Crippen LogP contribution in [0.5, 0.6) is 0 Å². The number of piperidine rings is 1. The first-order valence-corrected chi connectivity index (χ1v) is 6.49. The van der Waals surface area contributed by atoms with Gasteiger partial charge in [-0.3, -0.25) is 0 Å². The van der Waals surface area contributed by atoms with E-state index < -0.39 is 0 Å². The van der Waals surface area contributed by atoms with Crippen molar-refractivity contribution in [3.05, 3.63) is 30.1 Å². The molecule has 2 aliphatic rings. The monoisotopic (exact) mass is 234 g/mol. The average molecular weight is 234 g/mol. The summed E-state index contributed by atoms with van der Waals surface area (Å²) in [6.45, 7) is 2.34. The molecule has 1 saturated carbocycles. The van der Waals surface area contributed by atoms with Crippen LogP contribution >= 0.6 is 0 Å². The first-order valence-electron chi connectivity index (χ1n) is 6.49. The molecule has 1 aromatic rings. The summed E-state index contributed by atoms with van der Waals surface area (Å²) in [6, 6.07) is 7.26. The molecule has 0 amide bonds. The van der Waals surface area contributed by atoms with Crippen LogP contribution in [0.2, 0.25) is 0 Å². The van der Waals surface area contributed by atoms with Crippen molar-refractivity contribution in [1.82, 2.24) is 5.32 Å². The molecule has 2 N–H and O–H groups in total. The molecule has 0 bridgehead atoms. The van der Waals surface area contributed by atoms with Crippen LogP contribution in [0.4, 0.5) is 10.1 Å². The van der Waals surface area contributed by atoms with Crippen LogP contribution in [-0.4, -0.2) is 19.1 Å². The molecule has 0 aromatic heterocycles. The van der Waals surface area contributed by atoms with Gasteiger partial charge in [0.1, 0.15) is 5.82 Å². The van der Waals surface area contributed by atoms with Gasteiger partial charge in [-0.1, -0.05) is 0 Å². The largest absolute Gasteiger partial charge is 0.382 e. The molecule has 0 atom stereocenters. The summed E-state index contributed by atoms with van der Waals surface area (Å²) in [7, 11) is 0. The zero-order valence-corrected chi connectivity index (χ0v) is 10.0. The van der Waals surface area contributed by atoms with Crippen molar-refractivity contribution in [2.45, 2.75) is 31.7 Å². The number of benzene rings is 1. The predicted octanol–water partition coefficient (Wildman–Crippen LogP) is 2.77. The Hall–Kier alpha value is -1.09. The Bertz CT molecular complexity index is 374. The average Bonchev–Trinajstić information content (AvgIpc) is 2.31. The maximum Gasteiger partial charge on any atom is 0.123 e. The van der Waals surface area contributed by atoms with E-state index in [-0.39, 0.29) is 5.82 Å². The first-order chi connectivity index (χ1) is 8.26. The molecular weight excluding hydrogens is 215 g/mol. The summed E-state index contributed by atoms with van der Waals surface area (Å²) >= 11 is 0. The molecule has 3 heteroatoms. The minimum absolute atomic E-state index is 0.168. The van der Waals surface area contributed by atoms with Crippen molar-refractivity contribution < 1.29 is 4.39 Å². The summed E-state index contributed by atoms with van der Waals surface area (Å²) in [6.07, 6.45) is 5.17. The van der Waals surface area contributed by atoms with Crippen molar-refractivity contribution in [3.8, 4) is 0 Å². The topological polar surface area (TPSA) is 24.1 Å². The first kappa shape index (κ1) is 11.0. The molecule has 92 valence electrons. The van der Waals surface area contributed by atoms with E-state index in [1.54, 1.807) is 0 Å². The van der Waals surface area contributed by atoms with Crippen molar-refractivity contribution >= 4 is 5.69 Å². The van der Waals surface area contributed by atoms with Gasteiger partial charge in [0.25, 0.3) is 0 Å². The highest BCUT2D eigenvalue weighted by Crippen LogP contribution is 2.48. The maximum atomic E-state index is 12.8. The zero-order valence-electron chi connectivity index (χ0n) is 10.0. The summed E-state index contributed by atoms with van der Waals surface area (Å²) in [5.74, 6) is -0.168. The lowest BCUT2D eigenvalue weighted by Gasteiger charge is -2.50. The molecule has 1 aliphatic carbocycles. The van der Waals surface area contributed by atoms with Gasteiger partial charge in [0.15, 0.2) is 0 Å². The molecule has 1 aromatic carbocycles. The lowest BCUT2D eigenvalue weighted by molar-refractivity contribution is 0.0718. The van der Waals surface area contributed by atoms with Crippen molar-refractivity contribution in [2.75, 3.05) is 18.4 Å². The van der Waals surface area contributed by atoms with Gasteiger partial charge in [-0.2, -0.15) is 0 Å². The van der Waals surface area contributed by atoms with Crippen LogP contribution in [0.3, 0.4) is 0 Å². The van der Waals surface area contributed by atoms with E-state index >= 15 is 0 Å². The predicted molar refractivity (Wildman–Crippen MR) is 67.6 cm³/mol. The minimum atomic E-state index is -0.168. The van der Waals surface area contributed by atoms with Gasteiger partial charge >= 0.3 is 0 Å². The number of hydrogen-bond acceptors (Lipinski definition) is 2. The molecule has 2 nitrogen and oxygen atoms in total. The van der Waals surface area contributed by atoms with Gasteiger partial charge in [-0.15, -0.1) is 0 Å². The molecule has 0 radical (unpaired) electrons. The Balaban J connectivity index is 1.54. The number of halogens is 1. The Labute approximate surface area is 102 Å². The Morgan fingerprint density at radius 2 is 1.76 bits per heavy atom. The Kier molecular flexibility index (Phi) is 2.79. The van der Waals surface area contributed by atoms with Crippen LogP contribution < -0.4 is 10.6 Å². The van der Waals surface area contributed by atoms with Crippen molar-refractivity contribution in [1.29, 1.82) is 0 Å². The summed E-state index contributed by atoms with van der Waals surface area (Å²) in [4.78, 5) is 0. The molecule has 1 aliphatic heterocycles. The molecule has 1 heterocycles. The number of hydrogen-bond donors (Lipinski definition) is 2. The van der Waals surface area contributed by atoms with Crippen molar-refractivity contribution in [2.24, 2.45) is 5.41 Å². The fourth-order valence-electron chi connectivity index (χ4n) is 3.23. The third-order valence-corrected chi connectivity index (χ3v) is 4.24. The zero-order chi connectivity index (χ0) is 11.7. The van der Waals surface area contributed by atoms with Gasteiger partial charge < -0.3 is 10.6 Å². The number of anilines is 1. The lowest BCUT2D eigenvalue weighted by Crippen LogP contribution is -2.50. The second kappa shape index (κ2) is 4.30. The molecule has 0 unspecified atom stereocenters. The van der Waals surface area contributed by atoms with Gasteiger partial charge in [-0.05, 0) is 68.5 Å². The van der Waals surface area contributed by atoms with E-state index in [0.717, 1.165) is 5.69 Å². The van der Waals surface area contributed by atoms with Gasteiger partial charge in [-0.25, -0.2) is 4.39 Å². The van der Waals surface area contributed by atoms with Gasteiger partial charge in [0.05, 0.1) is 0 Å². The molecule has 3 rings (SSSR count). The van der Waals surface area contributed by atoms with Crippen LogP contribution in [0, 0.1) is 11.2 Å². The van der Waals surface area contributed by atoms with E-state index in [1.165, 1.54) is 50.9 Å². The van der Waals surface area contributed by atoms with Gasteiger partial charge in [0, 0.05) is 11.7 Å². The minimum Gasteiger partial charge on any atom is -0.382 e. The fraction of sp³-hybridized carbons (Fsp3) is 0.571. The van der Waals surface area contributed by atoms with Gasteiger partial charge in [0.2, 0.25) is 0 Å². The van der Waals surface area contributed by atoms with Crippen LogP contribution in [0.25, 0.3) is 0 Å². The lowest BCUT2D eigenvalue weighted by atomic mass is 9.60. The second-order valence-corrected chi connectivity index (χ2v) is 5.51. The standard InChI is InChI=1S/C14H19FN2/c15-11-1-3-12(4-2-11)17-13-9-14(10-13)5-7-16-8-6-14/h1-4,13,16-17H,5-10H2. The SMILES string of the molecule is Fc1ccc(NC2CC3(CCNCC3)C2)cc1. The normalized spacial score (nSPS) is 23.4. The molecular formula is C14H19FN2. The van der Waals surface area contributed by atoms with E-state index in [9.17, 15) is 4.39 Å². The highest BCUT2D eigenvalue weighted by Gasteiger charge is 2.44. The third kappa shape index (κ3) is 2.29. The number of rotatable bonds is 2. The quantitative estimate of drug-likeness (QED) is 0.822. The molecule has 1 saturated heterocycles. The van der Waals surface area contributed by atoms with E-state index in [4.69, 9.17) is 0 Å². The third-order valence-electron chi connectivity index (χ3n) is 4.24. The van der Waals surface area contributed by atoms with Crippen LogP contribution in [0.1, 0.15) is 25.7 Å². The van der Waals surface area contributed by atoms with Crippen LogP contribution in [0.15, 0.2) is 24.3 Å². The summed E-state index contributed by atoms with van der Waals surface area (Å²) < 4.78 is 12.8. The second-order valence-electron chi connectivity index (χ2n) is 5.51. The molecule has 17 heavy (non-hydrogen) atoms. The Morgan fingerprint density at radius 3 is 2.41 bits per heavy atom. The molecule has 2 fully saturated rings. The summed E-state index contributed by atoms with van der Waals surface area (Å²) in [5, 5.41) is 6.91. The van der Waals surface area contributed by atoms with E-state index in [0.29, 0.717) is 11.5 Å². The smallest absolute Gasteiger partial charge is 0.123 e. The fourth-order valence-corrected chi connectivity index (χ4v) is 3.23. The molecule has 1 spiro atoms. The van der Waals surface area contributed by atoms with Crippen LogP contribution in [-0.2, 0) is 0 Å². The Morgan fingerprint density at radius 1 is 1.12 bits per heavy atom. The maximum absolute atomic E-state index is 12.8.